The van der Waals surface area contributed by atoms with Gasteiger partial charge in [0.2, 0.25) is 0 Å². The minimum Gasteiger partial charge on any atom is -0.449 e. The highest BCUT2D eigenvalue weighted by atomic mass is 32.2. The zero-order valence-corrected chi connectivity index (χ0v) is 12.9. The van der Waals surface area contributed by atoms with Gasteiger partial charge < -0.3 is 4.74 Å². The molecule has 4 heteroatoms. The van der Waals surface area contributed by atoms with Gasteiger partial charge in [0.05, 0.1) is 18.0 Å². The second kappa shape index (κ2) is 5.82. The van der Waals surface area contributed by atoms with Gasteiger partial charge in [-0.1, -0.05) is 49.9 Å². The highest BCUT2D eigenvalue weighted by Gasteiger charge is 2.28. The van der Waals surface area contributed by atoms with E-state index in [1.807, 2.05) is 62.4 Å². The number of benzene rings is 2. The Labute approximate surface area is 128 Å². The maximum atomic E-state index is 12.5. The summed E-state index contributed by atoms with van der Waals surface area (Å²) in [6.45, 7) is 4.48. The molecule has 3 rings (SSSR count). The number of hydrogen-bond donors (Lipinski definition) is 0. The number of ether oxygens (including phenoxy) is 1. The van der Waals surface area contributed by atoms with E-state index in [1.165, 1.54) is 0 Å². The van der Waals surface area contributed by atoms with Crippen LogP contribution >= 0.6 is 11.8 Å². The first-order valence-corrected chi connectivity index (χ1v) is 7.81. The molecule has 0 fully saturated rings. The van der Waals surface area contributed by atoms with Crippen molar-refractivity contribution in [2.75, 3.05) is 11.5 Å². The molecule has 0 radical (unpaired) electrons. The van der Waals surface area contributed by atoms with Gasteiger partial charge in [0, 0.05) is 9.79 Å². The Balaban J connectivity index is 2.00. The van der Waals surface area contributed by atoms with Crippen molar-refractivity contribution in [1.82, 2.24) is 0 Å². The second-order valence-electron chi connectivity index (χ2n) is 5.34. The standard InChI is InChI=1S/C17H17NO2S/c1-12(2)11-20-17(19)18-13-7-3-5-9-15(13)21-16-10-6-4-8-14(16)18/h3-10,12H,11H2,1-2H3. The molecule has 2 aromatic rings. The SMILES string of the molecule is CC(C)COC(=O)N1c2ccccc2Sc2ccccc21. The van der Waals surface area contributed by atoms with E-state index in [0.29, 0.717) is 12.5 Å². The molecule has 1 aliphatic rings. The Morgan fingerprint density at radius 2 is 1.57 bits per heavy atom. The number of fused-ring (bicyclic) bond motifs is 2. The first kappa shape index (κ1) is 14.0. The fourth-order valence-electron chi connectivity index (χ4n) is 2.20. The molecule has 2 aromatic carbocycles. The molecule has 0 aromatic heterocycles. The van der Waals surface area contributed by atoms with E-state index in [2.05, 4.69) is 0 Å². The van der Waals surface area contributed by atoms with Gasteiger partial charge in [-0.25, -0.2) is 9.69 Å². The van der Waals surface area contributed by atoms with Gasteiger partial charge in [-0.15, -0.1) is 0 Å². The van der Waals surface area contributed by atoms with Crippen LogP contribution in [0.15, 0.2) is 58.3 Å². The Hall–Kier alpha value is -1.94. The number of anilines is 2. The molecule has 0 aliphatic carbocycles. The summed E-state index contributed by atoms with van der Waals surface area (Å²) in [4.78, 5) is 16.3. The molecule has 0 saturated carbocycles. The molecule has 21 heavy (non-hydrogen) atoms. The molecule has 0 saturated heterocycles. The molecule has 0 unspecified atom stereocenters. The van der Waals surface area contributed by atoms with E-state index >= 15 is 0 Å². The third-order valence-electron chi connectivity index (χ3n) is 3.15. The molecule has 0 N–H and O–H groups in total. The van der Waals surface area contributed by atoms with Crippen LogP contribution in [0.5, 0.6) is 0 Å². The molecule has 1 heterocycles. The normalized spacial score (nSPS) is 12.8. The van der Waals surface area contributed by atoms with Crippen LogP contribution in [0.4, 0.5) is 16.2 Å². The molecule has 1 amide bonds. The second-order valence-corrected chi connectivity index (χ2v) is 6.43. The third kappa shape index (κ3) is 2.76. The molecule has 108 valence electrons. The summed E-state index contributed by atoms with van der Waals surface area (Å²) in [5, 5.41) is 0. The van der Waals surface area contributed by atoms with Gasteiger partial charge in [0.25, 0.3) is 0 Å². The minimum atomic E-state index is -0.316. The first-order chi connectivity index (χ1) is 10.2. The van der Waals surface area contributed by atoms with E-state index in [1.54, 1.807) is 16.7 Å². The van der Waals surface area contributed by atoms with Crippen LogP contribution in [0.1, 0.15) is 13.8 Å². The summed E-state index contributed by atoms with van der Waals surface area (Å²) in [5.41, 5.74) is 1.77. The number of para-hydroxylation sites is 2. The molecule has 1 aliphatic heterocycles. The monoisotopic (exact) mass is 299 g/mol. The smallest absolute Gasteiger partial charge is 0.419 e. The molecular weight excluding hydrogens is 282 g/mol. The largest absolute Gasteiger partial charge is 0.449 e. The van der Waals surface area contributed by atoms with E-state index in [9.17, 15) is 4.79 Å². The molecule has 0 bridgehead atoms. The number of nitrogens with zero attached hydrogens (tertiary/aromatic N) is 1. The van der Waals surface area contributed by atoms with Crippen molar-refractivity contribution in [3.63, 3.8) is 0 Å². The van der Waals surface area contributed by atoms with Crippen LogP contribution in [-0.4, -0.2) is 12.7 Å². The molecule has 0 spiro atoms. The third-order valence-corrected chi connectivity index (χ3v) is 4.29. The Morgan fingerprint density at radius 3 is 2.10 bits per heavy atom. The van der Waals surface area contributed by atoms with Crippen LogP contribution in [0.25, 0.3) is 0 Å². The topological polar surface area (TPSA) is 29.5 Å². The van der Waals surface area contributed by atoms with E-state index in [4.69, 9.17) is 4.74 Å². The van der Waals surface area contributed by atoms with Crippen LogP contribution < -0.4 is 4.90 Å². The molecule has 3 nitrogen and oxygen atoms in total. The Bertz CT molecular complexity index is 624. The van der Waals surface area contributed by atoms with Gasteiger partial charge in [-0.3, -0.25) is 0 Å². The van der Waals surface area contributed by atoms with Gasteiger partial charge in [-0.05, 0) is 30.2 Å². The van der Waals surface area contributed by atoms with Gasteiger partial charge in [0.1, 0.15) is 0 Å². The first-order valence-electron chi connectivity index (χ1n) is 6.99. The Kier molecular flexibility index (Phi) is 3.88. The summed E-state index contributed by atoms with van der Waals surface area (Å²) in [6, 6.07) is 15.8. The van der Waals surface area contributed by atoms with Crippen molar-refractivity contribution in [3.8, 4) is 0 Å². The lowest BCUT2D eigenvalue weighted by atomic mass is 10.2. The molecular formula is C17H17NO2S. The van der Waals surface area contributed by atoms with Gasteiger partial charge in [0.15, 0.2) is 0 Å². The summed E-state index contributed by atoms with van der Waals surface area (Å²) in [5.74, 6) is 0.318. The van der Waals surface area contributed by atoms with Crippen LogP contribution in [-0.2, 0) is 4.74 Å². The highest BCUT2D eigenvalue weighted by Crippen LogP contribution is 2.48. The fourth-order valence-corrected chi connectivity index (χ4v) is 3.26. The van der Waals surface area contributed by atoms with Crippen molar-refractivity contribution >= 4 is 29.2 Å². The molecule has 0 atom stereocenters. The average Bonchev–Trinajstić information content (AvgIpc) is 2.50. The van der Waals surface area contributed by atoms with Crippen LogP contribution in [0.2, 0.25) is 0 Å². The summed E-state index contributed by atoms with van der Waals surface area (Å²) >= 11 is 1.68. The minimum absolute atomic E-state index is 0.316. The van der Waals surface area contributed by atoms with Crippen molar-refractivity contribution in [2.45, 2.75) is 23.6 Å². The van der Waals surface area contributed by atoms with E-state index < -0.39 is 0 Å². The maximum absolute atomic E-state index is 12.5. The predicted octanol–water partition coefficient (Wildman–Crippen LogP) is 5.08. The van der Waals surface area contributed by atoms with Crippen molar-refractivity contribution < 1.29 is 9.53 Å². The lowest BCUT2D eigenvalue weighted by molar-refractivity contribution is 0.142. The highest BCUT2D eigenvalue weighted by molar-refractivity contribution is 7.99. The van der Waals surface area contributed by atoms with Crippen molar-refractivity contribution in [1.29, 1.82) is 0 Å². The van der Waals surface area contributed by atoms with Crippen molar-refractivity contribution in [3.05, 3.63) is 48.5 Å². The van der Waals surface area contributed by atoms with Crippen LogP contribution in [0.3, 0.4) is 0 Å². The fraction of sp³-hybridized carbons (Fsp3) is 0.235. The van der Waals surface area contributed by atoms with E-state index in [0.717, 1.165) is 21.2 Å². The van der Waals surface area contributed by atoms with Gasteiger partial charge in [-0.2, -0.15) is 0 Å². The zero-order chi connectivity index (χ0) is 14.8. The quantitative estimate of drug-likeness (QED) is 0.774. The predicted molar refractivity (Wildman–Crippen MR) is 85.3 cm³/mol. The van der Waals surface area contributed by atoms with Gasteiger partial charge >= 0.3 is 6.09 Å². The zero-order valence-electron chi connectivity index (χ0n) is 12.1. The maximum Gasteiger partial charge on any atom is 0.419 e. The number of carbonyl (C=O) groups excluding carboxylic acids is 1. The summed E-state index contributed by atoms with van der Waals surface area (Å²) in [7, 11) is 0. The summed E-state index contributed by atoms with van der Waals surface area (Å²) < 4.78 is 5.43. The number of rotatable bonds is 2. The number of hydrogen-bond acceptors (Lipinski definition) is 3. The number of amides is 1. The lowest BCUT2D eigenvalue weighted by Crippen LogP contribution is -2.30. The number of carbonyl (C=O) groups is 1. The lowest BCUT2D eigenvalue weighted by Gasteiger charge is -2.30. The summed E-state index contributed by atoms with van der Waals surface area (Å²) in [6.07, 6.45) is -0.316. The van der Waals surface area contributed by atoms with Crippen LogP contribution in [0, 0.1) is 5.92 Å². The van der Waals surface area contributed by atoms with Crippen molar-refractivity contribution in [2.24, 2.45) is 5.92 Å². The average molecular weight is 299 g/mol. The Morgan fingerprint density at radius 1 is 1.05 bits per heavy atom. The van der Waals surface area contributed by atoms with E-state index in [-0.39, 0.29) is 6.09 Å².